The van der Waals surface area contributed by atoms with Gasteiger partial charge in [0.1, 0.15) is 0 Å². The molecule has 25 heavy (non-hydrogen) atoms. The fourth-order valence-electron chi connectivity index (χ4n) is 4.06. The van der Waals surface area contributed by atoms with Crippen LogP contribution in [-0.4, -0.2) is 21.9 Å². The second-order valence-electron chi connectivity index (χ2n) is 6.66. The van der Waals surface area contributed by atoms with Crippen LogP contribution >= 0.6 is 0 Å². The number of nitrogens with zero attached hydrogens (tertiary/aromatic N) is 1. The third-order valence-corrected chi connectivity index (χ3v) is 5.26. The average Bonchev–Trinajstić information content (AvgIpc) is 3.20. The first-order valence-electron chi connectivity index (χ1n) is 8.38. The molecule has 3 rings (SSSR count). The summed E-state index contributed by atoms with van der Waals surface area (Å²) in [5.74, 6) is -2.65. The second kappa shape index (κ2) is 6.66. The summed E-state index contributed by atoms with van der Waals surface area (Å²) in [6.07, 6.45) is 5.08. The Balaban J connectivity index is 1.79. The van der Waals surface area contributed by atoms with E-state index in [1.807, 2.05) is 19.1 Å². The molecule has 2 bridgehead atoms. The maximum Gasteiger partial charge on any atom is 0.307 e. The minimum atomic E-state index is -0.944. The Kier molecular flexibility index (Phi) is 4.57. The van der Waals surface area contributed by atoms with E-state index in [1.165, 1.54) is 12.1 Å². The van der Waals surface area contributed by atoms with E-state index in [1.54, 1.807) is 12.1 Å². The zero-order valence-electron chi connectivity index (χ0n) is 13.8. The van der Waals surface area contributed by atoms with E-state index >= 15 is 0 Å². The van der Waals surface area contributed by atoms with Crippen LogP contribution in [0.15, 0.2) is 36.4 Å². The van der Waals surface area contributed by atoms with Gasteiger partial charge in [0.15, 0.2) is 0 Å². The zero-order valence-corrected chi connectivity index (χ0v) is 13.8. The van der Waals surface area contributed by atoms with Crippen LogP contribution in [0, 0.1) is 33.8 Å². The Morgan fingerprint density at radius 2 is 2.00 bits per heavy atom. The quantitative estimate of drug-likeness (QED) is 0.468. The predicted molar refractivity (Wildman–Crippen MR) is 89.6 cm³/mol. The van der Waals surface area contributed by atoms with E-state index in [0.717, 1.165) is 0 Å². The molecule has 0 saturated heterocycles. The van der Waals surface area contributed by atoms with Gasteiger partial charge in [-0.3, -0.25) is 19.7 Å². The van der Waals surface area contributed by atoms with Crippen LogP contribution < -0.4 is 5.32 Å². The maximum atomic E-state index is 12.8. The van der Waals surface area contributed by atoms with E-state index in [-0.39, 0.29) is 29.5 Å². The number of carboxylic acids is 1. The van der Waals surface area contributed by atoms with Gasteiger partial charge in [-0.15, -0.1) is 0 Å². The molecular formula is C18H20N2O5. The number of aliphatic carboxylic acids is 1. The maximum absolute atomic E-state index is 12.8. The van der Waals surface area contributed by atoms with Crippen molar-refractivity contribution in [2.75, 3.05) is 0 Å². The number of carbonyl (C=O) groups excluding carboxylic acids is 1. The van der Waals surface area contributed by atoms with Crippen molar-refractivity contribution >= 4 is 17.6 Å². The number of nitrogens with one attached hydrogen (secondary N) is 1. The molecule has 5 unspecified atom stereocenters. The number of rotatable bonds is 6. The zero-order chi connectivity index (χ0) is 18.1. The first-order valence-corrected chi connectivity index (χ1v) is 8.38. The monoisotopic (exact) mass is 344 g/mol. The normalized spacial score (nSPS) is 27.9. The molecule has 0 heterocycles. The van der Waals surface area contributed by atoms with Gasteiger partial charge in [-0.2, -0.15) is 0 Å². The summed E-state index contributed by atoms with van der Waals surface area (Å²) in [6.45, 7) is 1.87. The summed E-state index contributed by atoms with van der Waals surface area (Å²) in [4.78, 5) is 34.8. The van der Waals surface area contributed by atoms with Crippen molar-refractivity contribution in [2.24, 2.45) is 23.7 Å². The Morgan fingerprint density at radius 1 is 1.32 bits per heavy atom. The van der Waals surface area contributed by atoms with Crippen LogP contribution in [0.3, 0.4) is 0 Å². The molecule has 2 aliphatic carbocycles. The first-order chi connectivity index (χ1) is 11.9. The first kappa shape index (κ1) is 17.1. The standard InChI is InChI=1S/C18H20N2O5/c1-2-14(10-4-3-5-13(9-10)20(24)25)19-17(21)15-11-6-7-12(8-11)16(15)18(22)23/h3-7,9,11-12,14-16H,2,8H2,1H3,(H,19,21)(H,22,23). The van der Waals surface area contributed by atoms with Crippen molar-refractivity contribution in [1.29, 1.82) is 0 Å². The van der Waals surface area contributed by atoms with Crippen LogP contribution in [0.25, 0.3) is 0 Å². The highest BCUT2D eigenvalue weighted by Crippen LogP contribution is 2.48. The van der Waals surface area contributed by atoms with Gasteiger partial charge in [-0.05, 0) is 30.2 Å². The lowest BCUT2D eigenvalue weighted by atomic mass is 9.82. The highest BCUT2D eigenvalue weighted by Gasteiger charge is 2.51. The highest BCUT2D eigenvalue weighted by molar-refractivity contribution is 5.87. The van der Waals surface area contributed by atoms with Crippen molar-refractivity contribution in [3.8, 4) is 0 Å². The molecule has 7 heteroatoms. The van der Waals surface area contributed by atoms with Crippen LogP contribution in [0.2, 0.25) is 0 Å². The van der Waals surface area contributed by atoms with Crippen LogP contribution in [-0.2, 0) is 9.59 Å². The number of allylic oxidation sites excluding steroid dienone is 2. The van der Waals surface area contributed by atoms with Gasteiger partial charge in [0.25, 0.3) is 5.69 Å². The number of nitro groups is 1. The number of fused-ring (bicyclic) bond motifs is 2. The number of nitro benzene ring substituents is 1. The minimum Gasteiger partial charge on any atom is -0.481 e. The molecule has 132 valence electrons. The van der Waals surface area contributed by atoms with E-state index in [2.05, 4.69) is 5.32 Å². The molecule has 1 aromatic carbocycles. The molecule has 2 N–H and O–H groups in total. The van der Waals surface area contributed by atoms with Gasteiger partial charge in [-0.1, -0.05) is 31.2 Å². The number of hydrogen-bond donors (Lipinski definition) is 2. The van der Waals surface area contributed by atoms with E-state index in [9.17, 15) is 24.8 Å². The van der Waals surface area contributed by atoms with Gasteiger partial charge >= 0.3 is 5.97 Å². The lowest BCUT2D eigenvalue weighted by Crippen LogP contribution is -2.41. The smallest absolute Gasteiger partial charge is 0.307 e. The third-order valence-electron chi connectivity index (χ3n) is 5.26. The van der Waals surface area contributed by atoms with Crippen molar-refractivity contribution < 1.29 is 19.6 Å². The summed E-state index contributed by atoms with van der Waals surface area (Å²) < 4.78 is 0. The summed E-state index contributed by atoms with van der Waals surface area (Å²) in [6, 6.07) is 5.78. The molecule has 1 aromatic rings. The van der Waals surface area contributed by atoms with E-state index in [4.69, 9.17) is 0 Å². The Bertz CT molecular complexity index is 745. The Hall–Kier alpha value is -2.70. The minimum absolute atomic E-state index is 0.0310. The van der Waals surface area contributed by atoms with E-state index < -0.39 is 22.7 Å². The molecule has 0 radical (unpaired) electrons. The fraction of sp³-hybridized carbons (Fsp3) is 0.444. The third kappa shape index (κ3) is 3.14. The largest absolute Gasteiger partial charge is 0.481 e. The van der Waals surface area contributed by atoms with E-state index in [0.29, 0.717) is 18.4 Å². The molecule has 2 aliphatic rings. The number of non-ortho nitro benzene ring substituents is 1. The summed E-state index contributed by atoms with van der Waals surface area (Å²) in [5.41, 5.74) is 0.618. The van der Waals surface area contributed by atoms with Crippen molar-refractivity contribution in [3.05, 3.63) is 52.1 Å². The van der Waals surface area contributed by atoms with Gasteiger partial charge in [0, 0.05) is 12.1 Å². The molecule has 0 aliphatic heterocycles. The number of amides is 1. The van der Waals surface area contributed by atoms with Gasteiger partial charge in [-0.25, -0.2) is 0 Å². The Morgan fingerprint density at radius 3 is 2.60 bits per heavy atom. The molecule has 1 amide bonds. The molecule has 0 aromatic heterocycles. The highest BCUT2D eigenvalue weighted by atomic mass is 16.6. The van der Waals surface area contributed by atoms with Gasteiger partial charge in [0.05, 0.1) is 22.8 Å². The molecule has 5 atom stereocenters. The summed E-state index contributed by atoms with van der Waals surface area (Å²) in [7, 11) is 0. The molecular weight excluding hydrogens is 324 g/mol. The van der Waals surface area contributed by atoms with Gasteiger partial charge in [0.2, 0.25) is 5.91 Å². The number of benzene rings is 1. The van der Waals surface area contributed by atoms with Crippen molar-refractivity contribution in [3.63, 3.8) is 0 Å². The molecule has 0 spiro atoms. The Labute approximate surface area is 144 Å². The summed E-state index contributed by atoms with van der Waals surface area (Å²) in [5, 5.41) is 23.3. The topological polar surface area (TPSA) is 110 Å². The SMILES string of the molecule is CCC(NC(=O)C1C2C=CC(C2)C1C(=O)O)c1cccc([N+](=O)[O-])c1. The van der Waals surface area contributed by atoms with Crippen LogP contribution in [0.5, 0.6) is 0 Å². The van der Waals surface area contributed by atoms with Crippen molar-refractivity contribution in [2.45, 2.75) is 25.8 Å². The fourth-order valence-corrected chi connectivity index (χ4v) is 4.06. The van der Waals surface area contributed by atoms with Crippen LogP contribution in [0.4, 0.5) is 5.69 Å². The lowest BCUT2D eigenvalue weighted by molar-refractivity contribution is -0.384. The van der Waals surface area contributed by atoms with Gasteiger partial charge < -0.3 is 10.4 Å². The molecule has 1 saturated carbocycles. The summed E-state index contributed by atoms with van der Waals surface area (Å²) >= 11 is 0. The lowest BCUT2D eigenvalue weighted by Gasteiger charge is -2.26. The molecule has 7 nitrogen and oxygen atoms in total. The predicted octanol–water partition coefficient (Wildman–Crippen LogP) is 2.69. The van der Waals surface area contributed by atoms with Crippen molar-refractivity contribution in [1.82, 2.24) is 5.32 Å². The number of hydrogen-bond acceptors (Lipinski definition) is 4. The number of carbonyl (C=O) groups is 2. The second-order valence-corrected chi connectivity index (χ2v) is 6.66. The number of carboxylic acid groups (broad SMARTS) is 1. The average molecular weight is 344 g/mol. The molecule has 1 fully saturated rings. The van der Waals surface area contributed by atoms with Crippen LogP contribution in [0.1, 0.15) is 31.4 Å².